The zero-order valence-corrected chi connectivity index (χ0v) is 26.2. The van der Waals surface area contributed by atoms with Crippen LogP contribution >= 0.6 is 0 Å². The van der Waals surface area contributed by atoms with E-state index >= 15 is 0 Å². The number of hydrogen-bond acceptors (Lipinski definition) is 7. The van der Waals surface area contributed by atoms with E-state index in [0.717, 1.165) is 69.5 Å². The second-order valence-electron chi connectivity index (χ2n) is 12.0. The average Bonchev–Trinajstić information content (AvgIpc) is 3.46. The molecule has 3 aromatic carbocycles. The molecule has 0 saturated heterocycles. The Labute approximate surface area is 267 Å². The number of fused-ring (bicyclic) bond motifs is 2. The molecule has 10 nitrogen and oxygen atoms in total. The van der Waals surface area contributed by atoms with Gasteiger partial charge < -0.3 is 26.3 Å². The Morgan fingerprint density at radius 3 is 2.61 bits per heavy atom. The van der Waals surface area contributed by atoms with Gasteiger partial charge in [0, 0.05) is 23.2 Å². The second kappa shape index (κ2) is 12.9. The molecule has 6 rings (SSSR count). The highest BCUT2D eigenvalue weighted by molar-refractivity contribution is 6.04. The molecule has 2 heterocycles. The summed E-state index contributed by atoms with van der Waals surface area (Å²) in [7, 11) is 1.60. The second-order valence-corrected chi connectivity index (χ2v) is 12.0. The van der Waals surface area contributed by atoms with Crippen molar-refractivity contribution >= 4 is 45.4 Å². The maximum Gasteiger partial charge on any atom is 0.404 e. The molecule has 2 aromatic heterocycles. The minimum Gasteiger partial charge on any atom is -0.497 e. The smallest absolute Gasteiger partial charge is 0.404 e. The number of carbonyl (C=O) groups is 2. The summed E-state index contributed by atoms with van der Waals surface area (Å²) in [5.74, 6) is 2.17. The monoisotopic (exact) mass is 618 g/mol. The quantitative estimate of drug-likeness (QED) is 0.166. The van der Waals surface area contributed by atoms with Crippen molar-refractivity contribution in [2.24, 2.45) is 11.7 Å². The van der Waals surface area contributed by atoms with Crippen LogP contribution in [0.5, 0.6) is 5.75 Å². The molecule has 1 atom stereocenters. The van der Waals surface area contributed by atoms with Crippen LogP contribution in [-0.2, 0) is 16.0 Å². The van der Waals surface area contributed by atoms with Gasteiger partial charge in [-0.05, 0) is 59.2 Å². The van der Waals surface area contributed by atoms with Crippen LogP contribution in [0.2, 0.25) is 0 Å². The average molecular weight is 619 g/mol. The van der Waals surface area contributed by atoms with Gasteiger partial charge in [0.25, 0.3) is 0 Å². The number of hydrogen-bond donors (Lipinski definition) is 3. The van der Waals surface area contributed by atoms with Crippen molar-refractivity contribution in [3.05, 3.63) is 90.0 Å². The number of allylic oxidation sites excluding steroid dienone is 2. The number of imidazole rings is 1. The van der Waals surface area contributed by atoms with E-state index in [1.807, 2.05) is 54.7 Å². The first-order valence-electron chi connectivity index (χ1n) is 15.5. The number of anilines is 2. The molecule has 5 aromatic rings. The molecule has 46 heavy (non-hydrogen) atoms. The minimum atomic E-state index is -0.746. The van der Waals surface area contributed by atoms with Crippen molar-refractivity contribution in [1.82, 2.24) is 14.4 Å². The standard InChI is InChI=1S/C36H38N6O4/c1-21(2)35-41-32(33-34(37)39-19-30(42(33)35)23-13-11-22(12-14-23)20-46-36(38)44)29-16-15-24(27-9-4-5-10-28(27)29)17-31(43)40-25-7-6-8-26(18-25)45-3/h4-10,13,15-16,18-19,21-22H,11-12,14,17,20H2,1-3H3,(H2,37,39)(H2,38,44)(H,40,43). The van der Waals surface area contributed by atoms with Crippen molar-refractivity contribution in [3.8, 4) is 17.0 Å². The van der Waals surface area contributed by atoms with Gasteiger partial charge in [0.15, 0.2) is 0 Å². The first kappa shape index (κ1) is 30.6. The van der Waals surface area contributed by atoms with Crippen molar-refractivity contribution in [2.45, 2.75) is 45.4 Å². The van der Waals surface area contributed by atoms with Crippen molar-refractivity contribution in [2.75, 3.05) is 24.8 Å². The van der Waals surface area contributed by atoms with E-state index in [2.05, 4.69) is 40.7 Å². The molecule has 5 N–H and O–H groups in total. The van der Waals surface area contributed by atoms with Gasteiger partial charge in [-0.1, -0.05) is 62.4 Å². The molecule has 1 unspecified atom stereocenters. The van der Waals surface area contributed by atoms with Crippen LogP contribution in [0.3, 0.4) is 0 Å². The van der Waals surface area contributed by atoms with Gasteiger partial charge in [0.05, 0.1) is 32.0 Å². The number of rotatable bonds is 9. The third-order valence-electron chi connectivity index (χ3n) is 8.51. The summed E-state index contributed by atoms with van der Waals surface area (Å²) in [5, 5.41) is 4.93. The summed E-state index contributed by atoms with van der Waals surface area (Å²) in [5.41, 5.74) is 17.9. The molecule has 1 aliphatic rings. The van der Waals surface area contributed by atoms with E-state index in [1.165, 1.54) is 0 Å². The van der Waals surface area contributed by atoms with Crippen LogP contribution in [0.4, 0.5) is 16.3 Å². The largest absolute Gasteiger partial charge is 0.497 e. The van der Waals surface area contributed by atoms with E-state index in [1.54, 1.807) is 13.2 Å². The lowest BCUT2D eigenvalue weighted by atomic mass is 9.89. The fourth-order valence-corrected chi connectivity index (χ4v) is 6.24. The van der Waals surface area contributed by atoms with Gasteiger partial charge in [-0.15, -0.1) is 0 Å². The number of aromatic nitrogens is 3. The first-order valence-corrected chi connectivity index (χ1v) is 15.5. The highest BCUT2D eigenvalue weighted by atomic mass is 16.5. The van der Waals surface area contributed by atoms with Crippen LogP contribution in [0.1, 0.15) is 56.1 Å². The lowest BCUT2D eigenvalue weighted by Gasteiger charge is -2.22. The summed E-state index contributed by atoms with van der Waals surface area (Å²) in [6.45, 7) is 4.55. The number of nitrogens with zero attached hydrogens (tertiary/aromatic N) is 3. The molecule has 0 aliphatic heterocycles. The lowest BCUT2D eigenvalue weighted by molar-refractivity contribution is -0.115. The number of primary amides is 1. The molecule has 236 valence electrons. The molecule has 1 aliphatic carbocycles. The molecule has 2 amide bonds. The zero-order chi connectivity index (χ0) is 32.4. The maximum absolute atomic E-state index is 13.1. The first-order chi connectivity index (χ1) is 22.2. The third-order valence-corrected chi connectivity index (χ3v) is 8.51. The van der Waals surface area contributed by atoms with Crippen LogP contribution < -0.4 is 21.5 Å². The Morgan fingerprint density at radius 2 is 1.89 bits per heavy atom. The van der Waals surface area contributed by atoms with Crippen LogP contribution in [0, 0.1) is 5.92 Å². The summed E-state index contributed by atoms with van der Waals surface area (Å²) in [4.78, 5) is 34.1. The van der Waals surface area contributed by atoms with Gasteiger partial charge in [0.1, 0.15) is 28.6 Å². The van der Waals surface area contributed by atoms with Gasteiger partial charge >= 0.3 is 6.09 Å². The summed E-state index contributed by atoms with van der Waals surface area (Å²) in [6, 6.07) is 19.4. The Balaban J connectivity index is 1.39. The Kier molecular flexibility index (Phi) is 8.61. The van der Waals surface area contributed by atoms with Gasteiger partial charge in [0.2, 0.25) is 5.91 Å². The van der Waals surface area contributed by atoms with Crippen molar-refractivity contribution in [1.29, 1.82) is 0 Å². The predicted octanol–water partition coefficient (Wildman–Crippen LogP) is 6.72. The zero-order valence-electron chi connectivity index (χ0n) is 26.2. The molecular weight excluding hydrogens is 580 g/mol. The Morgan fingerprint density at radius 1 is 1.09 bits per heavy atom. The van der Waals surface area contributed by atoms with Crippen LogP contribution in [0.15, 0.2) is 72.9 Å². The number of carbonyl (C=O) groups excluding carboxylic acids is 2. The molecule has 0 saturated carbocycles. The van der Waals surface area contributed by atoms with Gasteiger partial charge in [-0.25, -0.2) is 14.8 Å². The normalized spacial score (nSPS) is 14.8. The molecule has 10 heteroatoms. The predicted molar refractivity (Wildman–Crippen MR) is 181 cm³/mol. The molecular formula is C36H38N6O4. The summed E-state index contributed by atoms with van der Waals surface area (Å²) >= 11 is 0. The maximum atomic E-state index is 13.1. The van der Waals surface area contributed by atoms with Gasteiger partial charge in [-0.2, -0.15) is 0 Å². The molecule has 0 radical (unpaired) electrons. The third kappa shape index (κ3) is 6.10. The molecule has 0 fully saturated rings. The molecule has 0 spiro atoms. The van der Waals surface area contributed by atoms with E-state index in [0.29, 0.717) is 23.9 Å². The number of methoxy groups -OCH3 is 1. The lowest BCUT2D eigenvalue weighted by Crippen LogP contribution is -2.20. The van der Waals surface area contributed by atoms with Crippen LogP contribution in [0.25, 0.3) is 33.1 Å². The van der Waals surface area contributed by atoms with Gasteiger partial charge in [-0.3, -0.25) is 9.20 Å². The number of nitrogen functional groups attached to an aromatic ring is 1. The van der Waals surface area contributed by atoms with E-state index in [-0.39, 0.29) is 24.2 Å². The topological polar surface area (TPSA) is 147 Å². The Hall–Kier alpha value is -5.38. The highest BCUT2D eigenvalue weighted by Crippen LogP contribution is 2.39. The summed E-state index contributed by atoms with van der Waals surface area (Å²) in [6.07, 6.45) is 5.90. The number of amides is 2. The fourth-order valence-electron chi connectivity index (χ4n) is 6.24. The molecule has 0 bridgehead atoms. The van der Waals surface area contributed by atoms with Crippen molar-refractivity contribution in [3.63, 3.8) is 0 Å². The highest BCUT2D eigenvalue weighted by Gasteiger charge is 2.25. The van der Waals surface area contributed by atoms with E-state index in [9.17, 15) is 9.59 Å². The number of nitrogens with two attached hydrogens (primary N) is 2. The summed E-state index contributed by atoms with van der Waals surface area (Å²) < 4.78 is 12.5. The fraction of sp³-hybridized carbons (Fsp3) is 0.278. The van der Waals surface area contributed by atoms with Crippen LogP contribution in [-0.4, -0.2) is 40.1 Å². The number of ether oxygens (including phenoxy) is 2. The number of benzene rings is 3. The van der Waals surface area contributed by atoms with Crippen molar-refractivity contribution < 1.29 is 19.1 Å². The Bertz CT molecular complexity index is 1980. The minimum absolute atomic E-state index is 0.105. The van der Waals surface area contributed by atoms with E-state index in [4.69, 9.17) is 25.9 Å². The van der Waals surface area contributed by atoms with E-state index < -0.39 is 6.09 Å². The number of nitrogens with one attached hydrogen (secondary N) is 1. The SMILES string of the molecule is COc1cccc(NC(=O)Cc2ccc(-c3nc(C(C)C)n4c(C5=CCC(COC(N)=O)CC5)cnc(N)c34)c3ccccc23)c1.